The zero-order valence-electron chi connectivity index (χ0n) is 9.45. The van der Waals surface area contributed by atoms with Gasteiger partial charge in [-0.2, -0.15) is 0 Å². The second-order valence-electron chi connectivity index (χ2n) is 4.69. The van der Waals surface area contributed by atoms with Crippen LogP contribution in [-0.2, 0) is 4.79 Å². The van der Waals surface area contributed by atoms with Crippen molar-refractivity contribution in [3.63, 3.8) is 0 Å². The number of unbranched alkanes of at least 4 members (excludes halogenated alkanes) is 2. The second-order valence-corrected chi connectivity index (χ2v) is 5.26. The number of carboxylic acids is 1. The maximum Gasteiger partial charge on any atom is 0.303 e. The summed E-state index contributed by atoms with van der Waals surface area (Å²) in [6, 6.07) is 0. The van der Waals surface area contributed by atoms with E-state index in [9.17, 15) is 4.79 Å². The molecule has 3 atom stereocenters. The molecule has 1 aliphatic carbocycles. The number of hydrogen-bond donors (Lipinski definition) is 1. The molecule has 0 bridgehead atoms. The largest absolute Gasteiger partial charge is 0.481 e. The van der Waals surface area contributed by atoms with Gasteiger partial charge in [0.25, 0.3) is 0 Å². The van der Waals surface area contributed by atoms with Gasteiger partial charge in [0.15, 0.2) is 0 Å². The Balaban J connectivity index is 2.18. The summed E-state index contributed by atoms with van der Waals surface area (Å²) in [6.45, 7) is 0. The van der Waals surface area contributed by atoms with Crippen LogP contribution >= 0.6 is 9.24 Å². The fourth-order valence-corrected chi connectivity index (χ4v) is 3.00. The monoisotopic (exact) mass is 230 g/mol. The average molecular weight is 230 g/mol. The van der Waals surface area contributed by atoms with Crippen molar-refractivity contribution in [3.8, 4) is 0 Å². The molecule has 0 aromatic carbocycles. The molecule has 1 aliphatic rings. The molecule has 0 aromatic heterocycles. The van der Waals surface area contributed by atoms with Crippen LogP contribution in [0.15, 0.2) is 0 Å². The lowest BCUT2D eigenvalue weighted by Crippen LogP contribution is -2.12. The zero-order valence-corrected chi connectivity index (χ0v) is 10.6. The van der Waals surface area contributed by atoms with E-state index >= 15 is 0 Å². The third-order valence-electron chi connectivity index (χ3n) is 3.53. The van der Waals surface area contributed by atoms with Gasteiger partial charge in [-0.1, -0.05) is 32.1 Å². The van der Waals surface area contributed by atoms with E-state index in [1.54, 1.807) is 0 Å². The van der Waals surface area contributed by atoms with Crippen LogP contribution in [0.1, 0.15) is 51.4 Å². The molecule has 1 fully saturated rings. The maximum absolute atomic E-state index is 10.7. The molecule has 0 spiro atoms. The second kappa shape index (κ2) is 7.22. The molecular formula is C12H23O2P. The molecule has 1 N–H and O–H groups in total. The predicted molar refractivity (Wildman–Crippen MR) is 66.1 cm³/mol. The van der Waals surface area contributed by atoms with E-state index in [2.05, 4.69) is 9.24 Å². The molecule has 1 unspecified atom stereocenters. The van der Waals surface area contributed by atoms with Crippen molar-refractivity contribution in [2.24, 2.45) is 11.8 Å². The van der Waals surface area contributed by atoms with Crippen molar-refractivity contribution < 1.29 is 9.90 Å². The van der Waals surface area contributed by atoms with Gasteiger partial charge in [0.05, 0.1) is 0 Å². The molecule has 15 heavy (non-hydrogen) atoms. The highest BCUT2D eigenvalue weighted by Crippen LogP contribution is 2.37. The molecule has 0 heterocycles. The molecule has 0 aliphatic heterocycles. The fourth-order valence-electron chi connectivity index (χ4n) is 2.71. The molecule has 0 saturated heterocycles. The van der Waals surface area contributed by atoms with Crippen LogP contribution < -0.4 is 0 Å². The Morgan fingerprint density at radius 2 is 1.93 bits per heavy atom. The first kappa shape index (κ1) is 13.0. The van der Waals surface area contributed by atoms with Crippen LogP contribution in [0.2, 0.25) is 0 Å². The Kier molecular flexibility index (Phi) is 6.24. The standard InChI is InChI=1S/C12H23O2P/c13-12(14)9-11-7-4-6-10(11)5-2-1-3-8-15/h10-11H,1-9,15H2,(H,13,14)/t10-,11+/m0/s1. The summed E-state index contributed by atoms with van der Waals surface area (Å²) in [5.41, 5.74) is 0. The van der Waals surface area contributed by atoms with E-state index in [4.69, 9.17) is 5.11 Å². The van der Waals surface area contributed by atoms with E-state index in [1.165, 1.54) is 44.7 Å². The van der Waals surface area contributed by atoms with Crippen molar-refractivity contribution in [1.82, 2.24) is 0 Å². The maximum atomic E-state index is 10.7. The lowest BCUT2D eigenvalue weighted by molar-refractivity contribution is -0.138. The minimum absolute atomic E-state index is 0.397. The molecular weight excluding hydrogens is 207 g/mol. The number of carbonyl (C=O) groups is 1. The highest BCUT2D eigenvalue weighted by atomic mass is 31.0. The Labute approximate surface area is 95.0 Å². The molecule has 0 aromatic rings. The van der Waals surface area contributed by atoms with Crippen molar-refractivity contribution in [3.05, 3.63) is 0 Å². The van der Waals surface area contributed by atoms with Gasteiger partial charge < -0.3 is 5.11 Å². The third-order valence-corrected chi connectivity index (χ3v) is 3.94. The first-order valence-corrected chi connectivity index (χ1v) is 6.97. The van der Waals surface area contributed by atoms with Gasteiger partial charge in [-0.15, -0.1) is 9.24 Å². The number of hydrogen-bond acceptors (Lipinski definition) is 1. The lowest BCUT2D eigenvalue weighted by atomic mass is 9.88. The number of carboxylic acid groups (broad SMARTS) is 1. The first-order valence-electron chi connectivity index (χ1n) is 6.16. The van der Waals surface area contributed by atoms with Crippen LogP contribution in [-0.4, -0.2) is 17.2 Å². The van der Waals surface area contributed by atoms with E-state index in [0.717, 1.165) is 6.42 Å². The van der Waals surface area contributed by atoms with Crippen molar-refractivity contribution in [1.29, 1.82) is 0 Å². The summed E-state index contributed by atoms with van der Waals surface area (Å²) in [4.78, 5) is 10.7. The molecule has 1 rings (SSSR count). The molecule has 88 valence electrons. The van der Waals surface area contributed by atoms with Crippen LogP contribution in [0.5, 0.6) is 0 Å². The Morgan fingerprint density at radius 3 is 2.60 bits per heavy atom. The van der Waals surface area contributed by atoms with Gasteiger partial charge in [0.2, 0.25) is 0 Å². The Morgan fingerprint density at radius 1 is 1.20 bits per heavy atom. The lowest BCUT2D eigenvalue weighted by Gasteiger charge is -2.17. The molecule has 1 saturated carbocycles. The van der Waals surface area contributed by atoms with Gasteiger partial charge >= 0.3 is 5.97 Å². The highest BCUT2D eigenvalue weighted by molar-refractivity contribution is 7.16. The quantitative estimate of drug-likeness (QED) is 0.538. The number of rotatable bonds is 7. The predicted octanol–water partition coefficient (Wildman–Crippen LogP) is 3.31. The van der Waals surface area contributed by atoms with Crippen molar-refractivity contribution in [2.75, 3.05) is 6.16 Å². The van der Waals surface area contributed by atoms with E-state index in [0.29, 0.717) is 18.3 Å². The fraction of sp³-hybridized carbons (Fsp3) is 0.917. The molecule has 0 radical (unpaired) electrons. The Bertz CT molecular complexity index is 194. The van der Waals surface area contributed by atoms with Gasteiger partial charge in [-0.3, -0.25) is 4.79 Å². The summed E-state index contributed by atoms with van der Waals surface area (Å²) >= 11 is 0. The first-order chi connectivity index (χ1) is 7.24. The van der Waals surface area contributed by atoms with Gasteiger partial charge in [0, 0.05) is 6.42 Å². The normalized spacial score (nSPS) is 25.7. The van der Waals surface area contributed by atoms with E-state index in [1.807, 2.05) is 0 Å². The Hall–Kier alpha value is -0.100. The SMILES string of the molecule is O=C(O)C[C@H]1CCC[C@@H]1CCCCCP. The smallest absolute Gasteiger partial charge is 0.303 e. The van der Waals surface area contributed by atoms with Gasteiger partial charge in [-0.05, 0) is 30.8 Å². The minimum atomic E-state index is -0.614. The summed E-state index contributed by atoms with van der Waals surface area (Å²) < 4.78 is 0. The molecule has 3 heteroatoms. The number of aliphatic carboxylic acids is 1. The topological polar surface area (TPSA) is 37.3 Å². The highest BCUT2D eigenvalue weighted by Gasteiger charge is 2.28. The van der Waals surface area contributed by atoms with Crippen LogP contribution in [0.25, 0.3) is 0 Å². The van der Waals surface area contributed by atoms with Crippen molar-refractivity contribution >= 4 is 15.2 Å². The minimum Gasteiger partial charge on any atom is -0.481 e. The van der Waals surface area contributed by atoms with Crippen molar-refractivity contribution in [2.45, 2.75) is 51.4 Å². The summed E-state index contributed by atoms with van der Waals surface area (Å²) in [7, 11) is 2.76. The van der Waals surface area contributed by atoms with Gasteiger partial charge in [0.1, 0.15) is 0 Å². The summed E-state index contributed by atoms with van der Waals surface area (Å²) in [6.07, 6.45) is 10.4. The van der Waals surface area contributed by atoms with E-state index < -0.39 is 5.97 Å². The zero-order chi connectivity index (χ0) is 11.1. The molecule has 2 nitrogen and oxygen atoms in total. The van der Waals surface area contributed by atoms with E-state index in [-0.39, 0.29) is 0 Å². The molecule has 0 amide bonds. The van der Waals surface area contributed by atoms with Crippen LogP contribution in [0, 0.1) is 11.8 Å². The average Bonchev–Trinajstić information content (AvgIpc) is 2.59. The van der Waals surface area contributed by atoms with Crippen LogP contribution in [0.4, 0.5) is 0 Å². The van der Waals surface area contributed by atoms with Gasteiger partial charge in [-0.25, -0.2) is 0 Å². The summed E-state index contributed by atoms with van der Waals surface area (Å²) in [5.74, 6) is 0.556. The summed E-state index contributed by atoms with van der Waals surface area (Å²) in [5, 5.41) is 8.80. The third kappa shape index (κ3) is 4.97. The van der Waals surface area contributed by atoms with Crippen LogP contribution in [0.3, 0.4) is 0 Å².